The first kappa shape index (κ1) is 20.4. The van der Waals surface area contributed by atoms with Crippen LogP contribution in [0.2, 0.25) is 0 Å². The summed E-state index contributed by atoms with van der Waals surface area (Å²) in [6, 6.07) is 6.62. The van der Waals surface area contributed by atoms with Gasteiger partial charge >= 0.3 is 5.97 Å². The fraction of sp³-hybridized carbons (Fsp3) is 0.100. The van der Waals surface area contributed by atoms with Gasteiger partial charge in [-0.3, -0.25) is 4.79 Å². The minimum atomic E-state index is -1.45. The van der Waals surface area contributed by atoms with Gasteiger partial charge in [0.25, 0.3) is 0 Å². The summed E-state index contributed by atoms with van der Waals surface area (Å²) < 4.78 is 10.0. The average Bonchev–Trinajstić information content (AvgIpc) is 2.67. The van der Waals surface area contributed by atoms with Crippen molar-refractivity contribution in [2.45, 2.75) is 0 Å². The summed E-state index contributed by atoms with van der Waals surface area (Å²) in [6.07, 6.45) is 3.45. The number of carbonyl (C=O) groups excluding carboxylic acids is 1. The van der Waals surface area contributed by atoms with Crippen molar-refractivity contribution in [2.24, 2.45) is 0 Å². The fourth-order valence-electron chi connectivity index (χ4n) is 2.31. The Labute approximate surface area is 160 Å². The average molecular weight is 386 g/mol. The smallest absolute Gasteiger partial charge is 0.339 e. The minimum absolute atomic E-state index is 0.0536. The summed E-state index contributed by atoms with van der Waals surface area (Å²) in [5.74, 6) is -3.08. The fourth-order valence-corrected chi connectivity index (χ4v) is 2.31. The molecule has 8 heteroatoms. The molecule has 0 aliphatic rings. The highest BCUT2D eigenvalue weighted by Gasteiger charge is 2.17. The monoisotopic (exact) mass is 386 g/mol. The number of phenols is 3. The van der Waals surface area contributed by atoms with Crippen LogP contribution in [0, 0.1) is 0 Å². The normalized spacial score (nSPS) is 11.4. The van der Waals surface area contributed by atoms with Crippen LogP contribution < -0.4 is 9.47 Å². The number of allylic oxidation sites excluding steroid dienone is 1. The van der Waals surface area contributed by atoms with Gasteiger partial charge in [0.1, 0.15) is 5.57 Å². The first-order chi connectivity index (χ1) is 13.3. The van der Waals surface area contributed by atoms with Crippen LogP contribution in [0.3, 0.4) is 0 Å². The molecule has 0 aromatic heterocycles. The molecule has 0 bridgehead atoms. The van der Waals surface area contributed by atoms with Crippen molar-refractivity contribution in [3.8, 4) is 28.7 Å². The van der Waals surface area contributed by atoms with Crippen molar-refractivity contribution in [1.29, 1.82) is 0 Å². The highest BCUT2D eigenvalue weighted by atomic mass is 16.5. The summed E-state index contributed by atoms with van der Waals surface area (Å²) in [7, 11) is 2.64. The quantitative estimate of drug-likeness (QED) is 0.247. The van der Waals surface area contributed by atoms with Gasteiger partial charge in [0, 0.05) is 0 Å². The van der Waals surface area contributed by atoms with Gasteiger partial charge in [0.2, 0.25) is 5.75 Å². The third-order valence-corrected chi connectivity index (χ3v) is 3.74. The molecule has 0 aliphatic carbocycles. The second-order valence-electron chi connectivity index (χ2n) is 5.58. The number of ketones is 1. The number of rotatable bonds is 7. The first-order valence-corrected chi connectivity index (χ1v) is 7.91. The standard InChI is InChI=1S/C20H18O8/c1-27-17-9-12(10-18(28-2)19(17)24)7-13(20(25)26)14(21)5-3-11-4-6-15(22)16(23)8-11/h3-10,22-24H,1-2H3,(H,25,26)/b5-3+,13-7+. The second-order valence-corrected chi connectivity index (χ2v) is 5.58. The van der Waals surface area contributed by atoms with E-state index >= 15 is 0 Å². The van der Waals surface area contributed by atoms with E-state index in [9.17, 15) is 30.0 Å². The lowest BCUT2D eigenvalue weighted by atomic mass is 10.0. The Morgan fingerprint density at radius 3 is 2.00 bits per heavy atom. The molecule has 0 unspecified atom stereocenters. The van der Waals surface area contributed by atoms with Crippen LogP contribution in [0.25, 0.3) is 12.2 Å². The van der Waals surface area contributed by atoms with Crippen LogP contribution in [0.4, 0.5) is 0 Å². The Balaban J connectivity index is 2.39. The summed E-state index contributed by atoms with van der Waals surface area (Å²) >= 11 is 0. The van der Waals surface area contributed by atoms with E-state index in [4.69, 9.17) is 9.47 Å². The molecule has 2 rings (SSSR count). The molecule has 0 heterocycles. The van der Waals surface area contributed by atoms with Crippen molar-refractivity contribution >= 4 is 23.9 Å². The molecule has 0 aliphatic heterocycles. The SMILES string of the molecule is COc1cc(/C=C(/C(=O)O)C(=O)/C=C/c2ccc(O)c(O)c2)cc(OC)c1O. The number of ether oxygens (including phenoxy) is 2. The summed E-state index contributed by atoms with van der Waals surface area (Å²) in [5, 5.41) is 38.0. The van der Waals surface area contributed by atoms with Crippen LogP contribution in [-0.4, -0.2) is 46.4 Å². The Morgan fingerprint density at radius 1 is 0.893 bits per heavy atom. The molecule has 4 N–H and O–H groups in total. The summed E-state index contributed by atoms with van der Waals surface area (Å²) in [6.45, 7) is 0. The van der Waals surface area contributed by atoms with E-state index in [1.54, 1.807) is 0 Å². The molecule has 0 fully saturated rings. The van der Waals surface area contributed by atoms with Gasteiger partial charge in [-0.1, -0.05) is 12.1 Å². The molecule has 0 atom stereocenters. The molecule has 146 valence electrons. The van der Waals surface area contributed by atoms with E-state index in [0.29, 0.717) is 5.56 Å². The zero-order chi connectivity index (χ0) is 20.8. The van der Waals surface area contributed by atoms with E-state index in [1.165, 1.54) is 50.6 Å². The number of benzene rings is 2. The van der Waals surface area contributed by atoms with Crippen LogP contribution >= 0.6 is 0 Å². The number of hydrogen-bond donors (Lipinski definition) is 4. The van der Waals surface area contributed by atoms with Crippen molar-refractivity contribution in [3.63, 3.8) is 0 Å². The third-order valence-electron chi connectivity index (χ3n) is 3.74. The highest BCUT2D eigenvalue weighted by Crippen LogP contribution is 2.37. The number of hydrogen-bond acceptors (Lipinski definition) is 7. The number of aliphatic carboxylic acids is 1. The largest absolute Gasteiger partial charge is 0.504 e. The Hall–Kier alpha value is -3.94. The minimum Gasteiger partial charge on any atom is -0.504 e. The molecule has 0 spiro atoms. The molecule has 0 radical (unpaired) electrons. The number of methoxy groups -OCH3 is 2. The highest BCUT2D eigenvalue weighted by molar-refractivity contribution is 6.25. The van der Waals surface area contributed by atoms with E-state index in [1.807, 2.05) is 0 Å². The van der Waals surface area contributed by atoms with Gasteiger partial charge in [0.15, 0.2) is 28.8 Å². The van der Waals surface area contributed by atoms with Gasteiger partial charge in [-0.05, 0) is 47.5 Å². The number of aromatic hydroxyl groups is 3. The lowest BCUT2D eigenvalue weighted by Gasteiger charge is -2.09. The third kappa shape index (κ3) is 4.61. The Bertz CT molecular complexity index is 947. The Kier molecular flexibility index (Phi) is 6.28. The number of phenolic OH excluding ortho intramolecular Hbond substituents is 3. The molecule has 28 heavy (non-hydrogen) atoms. The molecular formula is C20H18O8. The van der Waals surface area contributed by atoms with Crippen LogP contribution in [-0.2, 0) is 9.59 Å². The van der Waals surface area contributed by atoms with E-state index in [-0.39, 0.29) is 34.3 Å². The molecule has 2 aromatic rings. The second kappa shape index (κ2) is 8.63. The topological polar surface area (TPSA) is 134 Å². The Morgan fingerprint density at radius 2 is 1.50 bits per heavy atom. The van der Waals surface area contributed by atoms with E-state index in [0.717, 1.165) is 12.2 Å². The zero-order valence-electron chi connectivity index (χ0n) is 15.0. The predicted octanol–water partition coefficient (Wildman–Crippen LogP) is 2.57. The lowest BCUT2D eigenvalue weighted by molar-refractivity contribution is -0.133. The van der Waals surface area contributed by atoms with Gasteiger partial charge in [-0.15, -0.1) is 0 Å². The molecule has 2 aromatic carbocycles. The van der Waals surface area contributed by atoms with Gasteiger partial charge in [-0.25, -0.2) is 4.79 Å². The summed E-state index contributed by atoms with van der Waals surface area (Å²) in [4.78, 5) is 23.9. The first-order valence-electron chi connectivity index (χ1n) is 7.91. The maximum absolute atomic E-state index is 12.3. The lowest BCUT2D eigenvalue weighted by Crippen LogP contribution is -2.09. The van der Waals surface area contributed by atoms with E-state index < -0.39 is 17.3 Å². The number of carboxylic acid groups (broad SMARTS) is 1. The molecule has 0 saturated heterocycles. The molecular weight excluding hydrogens is 368 g/mol. The van der Waals surface area contributed by atoms with Gasteiger partial charge in [0.05, 0.1) is 14.2 Å². The summed E-state index contributed by atoms with van der Waals surface area (Å²) in [5.41, 5.74) is 0.128. The van der Waals surface area contributed by atoms with Crippen molar-refractivity contribution in [2.75, 3.05) is 14.2 Å². The van der Waals surface area contributed by atoms with Gasteiger partial charge in [-0.2, -0.15) is 0 Å². The van der Waals surface area contributed by atoms with Crippen molar-refractivity contribution in [3.05, 3.63) is 53.1 Å². The van der Waals surface area contributed by atoms with Crippen LogP contribution in [0.15, 0.2) is 42.0 Å². The number of carbonyl (C=O) groups is 2. The van der Waals surface area contributed by atoms with Crippen LogP contribution in [0.1, 0.15) is 11.1 Å². The maximum atomic E-state index is 12.3. The van der Waals surface area contributed by atoms with Crippen molar-refractivity contribution in [1.82, 2.24) is 0 Å². The van der Waals surface area contributed by atoms with Gasteiger partial charge < -0.3 is 29.9 Å². The zero-order valence-corrected chi connectivity index (χ0v) is 15.0. The number of carboxylic acids is 1. The van der Waals surface area contributed by atoms with Crippen molar-refractivity contribution < 1.29 is 39.5 Å². The van der Waals surface area contributed by atoms with E-state index in [2.05, 4.69) is 0 Å². The van der Waals surface area contributed by atoms with Crippen LogP contribution in [0.5, 0.6) is 28.7 Å². The molecule has 0 amide bonds. The molecule has 0 saturated carbocycles. The predicted molar refractivity (Wildman–Crippen MR) is 101 cm³/mol. The maximum Gasteiger partial charge on any atom is 0.339 e. The molecule has 8 nitrogen and oxygen atoms in total.